The first-order chi connectivity index (χ1) is 17.0. The van der Waals surface area contributed by atoms with E-state index in [0.717, 1.165) is 21.8 Å². The van der Waals surface area contributed by atoms with Gasteiger partial charge in [-0.2, -0.15) is 0 Å². The average Bonchev–Trinajstić information content (AvgIpc) is 3.35. The van der Waals surface area contributed by atoms with Crippen LogP contribution in [0, 0.1) is 6.92 Å². The molecule has 6 nitrogen and oxygen atoms in total. The van der Waals surface area contributed by atoms with Crippen molar-refractivity contribution in [2.24, 2.45) is 0 Å². The van der Waals surface area contributed by atoms with Gasteiger partial charge in [0, 0.05) is 39.0 Å². The van der Waals surface area contributed by atoms with Crippen LogP contribution in [0.3, 0.4) is 0 Å². The molecule has 172 valence electrons. The zero-order valence-electron chi connectivity index (χ0n) is 18.6. The fourth-order valence-corrected chi connectivity index (χ4v) is 4.62. The van der Waals surface area contributed by atoms with Crippen molar-refractivity contribution in [2.75, 3.05) is 5.32 Å². The van der Waals surface area contributed by atoms with Gasteiger partial charge in [0.2, 0.25) is 0 Å². The van der Waals surface area contributed by atoms with Crippen molar-refractivity contribution in [3.05, 3.63) is 111 Å². The number of aryl methyl sites for hydroxylation is 1. The number of carbonyl (C=O) groups is 1. The number of hydrogen-bond donors (Lipinski definition) is 2. The van der Waals surface area contributed by atoms with Gasteiger partial charge in [0.15, 0.2) is 0 Å². The summed E-state index contributed by atoms with van der Waals surface area (Å²) >= 11 is 7.50. The van der Waals surface area contributed by atoms with E-state index < -0.39 is 11.5 Å². The maximum absolute atomic E-state index is 12.7. The SMILES string of the molecule is Cc1ccccc1-c1nc(-c2ccc(NC(=O)c3cnc(-c4ccc(Cl)cc4)[nH]c3=O)cc2)cs1. The zero-order valence-corrected chi connectivity index (χ0v) is 20.2. The van der Waals surface area contributed by atoms with Crippen LogP contribution < -0.4 is 10.9 Å². The second-order valence-corrected chi connectivity index (χ2v) is 9.16. The van der Waals surface area contributed by atoms with Gasteiger partial charge in [0.25, 0.3) is 11.5 Å². The molecule has 3 aromatic carbocycles. The first-order valence-corrected chi connectivity index (χ1v) is 12.0. The molecule has 2 N–H and O–H groups in total. The Morgan fingerprint density at radius 3 is 2.40 bits per heavy atom. The Labute approximate surface area is 210 Å². The third kappa shape index (κ3) is 4.91. The van der Waals surface area contributed by atoms with Gasteiger partial charge in [-0.05, 0) is 48.9 Å². The number of hydrogen-bond acceptors (Lipinski definition) is 5. The smallest absolute Gasteiger partial charge is 0.264 e. The Bertz CT molecular complexity index is 1570. The normalized spacial score (nSPS) is 10.8. The maximum atomic E-state index is 12.7. The van der Waals surface area contributed by atoms with Crippen molar-refractivity contribution in [1.82, 2.24) is 15.0 Å². The highest BCUT2D eigenvalue weighted by atomic mass is 35.5. The van der Waals surface area contributed by atoms with Crippen molar-refractivity contribution in [2.45, 2.75) is 6.92 Å². The third-order valence-corrected chi connectivity index (χ3v) is 6.61. The molecule has 0 atom stereocenters. The lowest BCUT2D eigenvalue weighted by molar-refractivity contribution is 0.102. The van der Waals surface area contributed by atoms with E-state index >= 15 is 0 Å². The molecule has 0 saturated carbocycles. The summed E-state index contributed by atoms with van der Waals surface area (Å²) in [6, 6.07) is 22.4. The molecule has 0 unspecified atom stereocenters. The van der Waals surface area contributed by atoms with Crippen LogP contribution in [0.4, 0.5) is 5.69 Å². The number of aromatic amines is 1. The fraction of sp³-hybridized carbons (Fsp3) is 0.0370. The van der Waals surface area contributed by atoms with E-state index in [1.165, 1.54) is 11.8 Å². The van der Waals surface area contributed by atoms with Crippen LogP contribution in [0.15, 0.2) is 89.2 Å². The van der Waals surface area contributed by atoms with Crippen LogP contribution in [0.1, 0.15) is 15.9 Å². The lowest BCUT2D eigenvalue weighted by Crippen LogP contribution is -2.24. The van der Waals surface area contributed by atoms with Gasteiger partial charge in [-0.25, -0.2) is 9.97 Å². The number of nitrogens with zero attached hydrogens (tertiary/aromatic N) is 2. The van der Waals surface area contributed by atoms with E-state index in [-0.39, 0.29) is 5.56 Å². The molecule has 0 aliphatic rings. The summed E-state index contributed by atoms with van der Waals surface area (Å²) in [5.74, 6) is -0.175. The molecular weight excluding hydrogens is 480 g/mol. The molecule has 0 radical (unpaired) electrons. The van der Waals surface area contributed by atoms with E-state index in [2.05, 4.69) is 34.3 Å². The number of H-pyrrole nitrogens is 1. The number of amides is 1. The minimum atomic E-state index is -0.537. The molecule has 2 aromatic heterocycles. The first-order valence-electron chi connectivity index (χ1n) is 10.8. The van der Waals surface area contributed by atoms with Crippen molar-refractivity contribution < 1.29 is 4.79 Å². The van der Waals surface area contributed by atoms with Gasteiger partial charge >= 0.3 is 0 Å². The number of aromatic nitrogens is 3. The molecule has 0 aliphatic heterocycles. The Kier molecular flexibility index (Phi) is 6.27. The Morgan fingerprint density at radius 1 is 0.971 bits per heavy atom. The highest BCUT2D eigenvalue weighted by molar-refractivity contribution is 7.13. The lowest BCUT2D eigenvalue weighted by Gasteiger charge is -2.07. The molecule has 0 aliphatic carbocycles. The lowest BCUT2D eigenvalue weighted by atomic mass is 10.1. The predicted molar refractivity (Wildman–Crippen MR) is 141 cm³/mol. The quantitative estimate of drug-likeness (QED) is 0.292. The molecule has 2 heterocycles. The maximum Gasteiger partial charge on any atom is 0.264 e. The number of nitrogens with one attached hydrogen (secondary N) is 2. The van der Waals surface area contributed by atoms with E-state index in [4.69, 9.17) is 16.6 Å². The second-order valence-electron chi connectivity index (χ2n) is 7.87. The molecular formula is C27H19ClN4O2S. The van der Waals surface area contributed by atoms with E-state index in [1.54, 1.807) is 47.7 Å². The molecule has 0 fully saturated rings. The Balaban J connectivity index is 1.30. The zero-order chi connectivity index (χ0) is 24.4. The fourth-order valence-electron chi connectivity index (χ4n) is 3.58. The van der Waals surface area contributed by atoms with Gasteiger partial charge in [-0.15, -0.1) is 11.3 Å². The number of thiazole rings is 1. The number of carbonyl (C=O) groups excluding carboxylic acids is 1. The van der Waals surface area contributed by atoms with Crippen LogP contribution >= 0.6 is 22.9 Å². The van der Waals surface area contributed by atoms with Crippen molar-refractivity contribution >= 4 is 34.5 Å². The Hall–Kier alpha value is -4.07. The van der Waals surface area contributed by atoms with Crippen molar-refractivity contribution in [1.29, 1.82) is 0 Å². The van der Waals surface area contributed by atoms with Crippen LogP contribution in [0.25, 0.3) is 33.2 Å². The third-order valence-electron chi connectivity index (χ3n) is 5.48. The minimum absolute atomic E-state index is 0.0748. The molecule has 1 amide bonds. The standard InChI is InChI=1S/C27H19ClN4O2S/c1-16-4-2-3-5-21(16)27-31-23(15-35-27)17-8-12-20(13-9-17)30-25(33)22-14-29-24(32-26(22)34)18-6-10-19(28)11-7-18/h2-15H,1H3,(H,30,33)(H,29,32,34). The van der Waals surface area contributed by atoms with Crippen LogP contribution in [-0.2, 0) is 0 Å². The predicted octanol–water partition coefficient (Wildman–Crippen LogP) is 6.44. The van der Waals surface area contributed by atoms with Gasteiger partial charge in [0.1, 0.15) is 16.4 Å². The number of anilines is 1. The summed E-state index contributed by atoms with van der Waals surface area (Å²) in [6.07, 6.45) is 1.27. The van der Waals surface area contributed by atoms with Crippen LogP contribution in [-0.4, -0.2) is 20.9 Å². The van der Waals surface area contributed by atoms with E-state index in [0.29, 0.717) is 22.1 Å². The molecule has 0 bridgehead atoms. The second kappa shape index (κ2) is 9.66. The molecule has 0 saturated heterocycles. The summed E-state index contributed by atoms with van der Waals surface area (Å²) in [5.41, 5.74) is 4.76. The number of benzene rings is 3. The van der Waals surface area contributed by atoms with Crippen LogP contribution in [0.5, 0.6) is 0 Å². The molecule has 0 spiro atoms. The van der Waals surface area contributed by atoms with E-state index in [1.807, 2.05) is 29.6 Å². The largest absolute Gasteiger partial charge is 0.322 e. The molecule has 35 heavy (non-hydrogen) atoms. The topological polar surface area (TPSA) is 87.7 Å². The first kappa shape index (κ1) is 22.7. The molecule has 5 aromatic rings. The number of rotatable bonds is 5. The van der Waals surface area contributed by atoms with Gasteiger partial charge < -0.3 is 10.3 Å². The number of halogens is 1. The summed E-state index contributed by atoms with van der Waals surface area (Å²) in [6.45, 7) is 2.07. The summed E-state index contributed by atoms with van der Waals surface area (Å²) in [4.78, 5) is 36.8. The minimum Gasteiger partial charge on any atom is -0.322 e. The average molecular weight is 499 g/mol. The van der Waals surface area contributed by atoms with Gasteiger partial charge in [0.05, 0.1) is 5.69 Å². The molecule has 8 heteroatoms. The highest BCUT2D eigenvalue weighted by Gasteiger charge is 2.14. The van der Waals surface area contributed by atoms with Crippen molar-refractivity contribution in [3.63, 3.8) is 0 Å². The Morgan fingerprint density at radius 2 is 1.69 bits per heavy atom. The van der Waals surface area contributed by atoms with Crippen molar-refractivity contribution in [3.8, 4) is 33.2 Å². The highest BCUT2D eigenvalue weighted by Crippen LogP contribution is 2.31. The monoisotopic (exact) mass is 498 g/mol. The van der Waals surface area contributed by atoms with Gasteiger partial charge in [-0.1, -0.05) is 48.0 Å². The van der Waals surface area contributed by atoms with Gasteiger partial charge in [-0.3, -0.25) is 9.59 Å². The summed E-state index contributed by atoms with van der Waals surface area (Å²) in [7, 11) is 0. The van der Waals surface area contributed by atoms with E-state index in [9.17, 15) is 9.59 Å². The summed E-state index contributed by atoms with van der Waals surface area (Å²) < 4.78 is 0. The molecule has 5 rings (SSSR count). The summed E-state index contributed by atoms with van der Waals surface area (Å²) in [5, 5.41) is 6.31. The van der Waals surface area contributed by atoms with Crippen LogP contribution in [0.2, 0.25) is 5.02 Å².